The van der Waals surface area contributed by atoms with Gasteiger partial charge in [0.1, 0.15) is 5.75 Å². The Bertz CT molecular complexity index is 807. The predicted molar refractivity (Wildman–Crippen MR) is 94.8 cm³/mol. The van der Waals surface area contributed by atoms with Crippen LogP contribution in [0.4, 0.5) is 17.5 Å². The van der Waals surface area contributed by atoms with Gasteiger partial charge in [0.05, 0.1) is 11.9 Å². The molecule has 1 aromatic heterocycles. The number of rotatable bonds is 7. The Labute approximate surface area is 140 Å². The fraction of sp³-hybridized carbons (Fsp3) is 0.0556. The molecule has 24 heavy (non-hydrogen) atoms. The van der Waals surface area contributed by atoms with Gasteiger partial charge >= 0.3 is 0 Å². The van der Waals surface area contributed by atoms with Crippen molar-refractivity contribution in [2.24, 2.45) is 0 Å². The summed E-state index contributed by atoms with van der Waals surface area (Å²) in [5.74, 6) is 2.44. The number of hydrogen-bond acceptors (Lipinski definition) is 6. The van der Waals surface area contributed by atoms with Gasteiger partial charge < -0.3 is 15.4 Å². The van der Waals surface area contributed by atoms with E-state index in [2.05, 4.69) is 32.4 Å². The highest BCUT2D eigenvalue weighted by Crippen LogP contribution is 2.30. The summed E-state index contributed by atoms with van der Waals surface area (Å²) >= 11 is 0. The molecular formula is C18H17N5O. The molecule has 0 saturated heterocycles. The van der Waals surface area contributed by atoms with E-state index >= 15 is 0 Å². The zero-order valence-corrected chi connectivity index (χ0v) is 13.0. The Balaban J connectivity index is 1.79. The van der Waals surface area contributed by atoms with Gasteiger partial charge in [-0.1, -0.05) is 36.4 Å². The number of para-hydroxylation sites is 3. The average Bonchev–Trinajstić information content (AvgIpc) is 2.63. The van der Waals surface area contributed by atoms with Crippen molar-refractivity contribution in [3.05, 3.63) is 73.4 Å². The lowest BCUT2D eigenvalue weighted by Crippen LogP contribution is -2.05. The molecule has 0 aliphatic carbocycles. The molecular weight excluding hydrogens is 302 g/mol. The molecule has 0 atom stereocenters. The molecule has 120 valence electrons. The van der Waals surface area contributed by atoms with Crippen LogP contribution in [0.3, 0.4) is 0 Å². The Morgan fingerprint density at radius 1 is 1.04 bits per heavy atom. The molecule has 0 spiro atoms. The van der Waals surface area contributed by atoms with E-state index in [1.54, 1.807) is 12.3 Å². The van der Waals surface area contributed by atoms with E-state index in [-0.39, 0.29) is 0 Å². The number of nitrogens with one attached hydrogen (secondary N) is 2. The minimum Gasteiger partial charge on any atom is -0.455 e. The topological polar surface area (TPSA) is 72.0 Å². The Hall–Kier alpha value is -3.41. The minimum absolute atomic E-state index is 0.383. The largest absolute Gasteiger partial charge is 0.455 e. The van der Waals surface area contributed by atoms with Gasteiger partial charge in [0.25, 0.3) is 0 Å². The first kappa shape index (κ1) is 15.5. The van der Waals surface area contributed by atoms with Crippen molar-refractivity contribution >= 4 is 17.5 Å². The van der Waals surface area contributed by atoms with E-state index in [9.17, 15) is 0 Å². The van der Waals surface area contributed by atoms with Crippen molar-refractivity contribution in [3.63, 3.8) is 0 Å². The lowest BCUT2D eigenvalue weighted by molar-refractivity contribution is 0.485. The minimum atomic E-state index is 0.383. The lowest BCUT2D eigenvalue weighted by Gasteiger charge is -2.12. The first-order valence-corrected chi connectivity index (χ1v) is 7.48. The molecule has 0 aliphatic heterocycles. The highest BCUT2D eigenvalue weighted by atomic mass is 16.5. The van der Waals surface area contributed by atoms with Gasteiger partial charge in [-0.25, -0.2) is 0 Å². The number of aromatic nitrogens is 3. The number of anilines is 3. The van der Waals surface area contributed by atoms with Crippen molar-refractivity contribution in [3.8, 4) is 11.5 Å². The second kappa shape index (κ2) is 7.73. The zero-order valence-electron chi connectivity index (χ0n) is 13.0. The van der Waals surface area contributed by atoms with Crippen LogP contribution in [-0.4, -0.2) is 21.7 Å². The van der Waals surface area contributed by atoms with Crippen LogP contribution in [0.15, 0.2) is 73.4 Å². The van der Waals surface area contributed by atoms with Gasteiger partial charge in [-0.15, -0.1) is 11.7 Å². The Kier molecular flexibility index (Phi) is 4.99. The van der Waals surface area contributed by atoms with Crippen LogP contribution >= 0.6 is 0 Å². The fourth-order valence-electron chi connectivity index (χ4n) is 2.01. The van der Waals surface area contributed by atoms with Gasteiger partial charge in [-0.05, 0) is 24.3 Å². The van der Waals surface area contributed by atoms with Crippen molar-refractivity contribution in [2.45, 2.75) is 0 Å². The molecule has 0 radical (unpaired) electrons. The summed E-state index contributed by atoms with van der Waals surface area (Å²) in [4.78, 5) is 4.35. The Morgan fingerprint density at radius 3 is 2.67 bits per heavy atom. The van der Waals surface area contributed by atoms with E-state index in [0.717, 1.165) is 11.4 Å². The standard InChI is InChI=1S/C18H17N5O/c1-2-12-19-17-13-20-23-18(22-17)21-15-10-6-7-11-16(15)24-14-8-4-3-5-9-14/h2-11,13H,1,12H2,(H2,19,21,22,23). The summed E-state index contributed by atoms with van der Waals surface area (Å²) in [5, 5.41) is 14.1. The number of hydrogen-bond donors (Lipinski definition) is 2. The zero-order chi connectivity index (χ0) is 16.6. The molecule has 6 nitrogen and oxygen atoms in total. The van der Waals surface area contributed by atoms with E-state index < -0.39 is 0 Å². The number of nitrogens with zero attached hydrogens (tertiary/aromatic N) is 3. The molecule has 0 unspecified atom stereocenters. The smallest absolute Gasteiger partial charge is 0.249 e. The molecule has 0 bridgehead atoms. The molecule has 3 aromatic rings. The van der Waals surface area contributed by atoms with Gasteiger partial charge in [0.15, 0.2) is 11.6 Å². The molecule has 3 rings (SSSR count). The second-order valence-corrected chi connectivity index (χ2v) is 4.87. The third kappa shape index (κ3) is 4.07. The normalized spacial score (nSPS) is 10.0. The van der Waals surface area contributed by atoms with Crippen LogP contribution in [0.2, 0.25) is 0 Å². The summed E-state index contributed by atoms with van der Waals surface area (Å²) in [5.41, 5.74) is 0.754. The van der Waals surface area contributed by atoms with E-state index in [1.807, 2.05) is 54.6 Å². The van der Waals surface area contributed by atoms with Crippen molar-refractivity contribution in [1.82, 2.24) is 15.2 Å². The number of ether oxygens (including phenoxy) is 1. The number of benzene rings is 2. The molecule has 2 N–H and O–H groups in total. The molecule has 6 heteroatoms. The highest BCUT2D eigenvalue weighted by Gasteiger charge is 2.07. The van der Waals surface area contributed by atoms with Crippen LogP contribution in [0.5, 0.6) is 11.5 Å². The van der Waals surface area contributed by atoms with Crippen LogP contribution in [0.25, 0.3) is 0 Å². The van der Waals surface area contributed by atoms with Gasteiger partial charge in [0, 0.05) is 6.54 Å². The average molecular weight is 319 g/mol. The van der Waals surface area contributed by atoms with Crippen molar-refractivity contribution < 1.29 is 4.74 Å². The Morgan fingerprint density at radius 2 is 1.83 bits per heavy atom. The monoisotopic (exact) mass is 319 g/mol. The highest BCUT2D eigenvalue weighted by molar-refractivity contribution is 5.63. The van der Waals surface area contributed by atoms with Gasteiger partial charge in [0.2, 0.25) is 5.95 Å². The molecule has 0 amide bonds. The quantitative estimate of drug-likeness (QED) is 0.641. The van der Waals surface area contributed by atoms with Gasteiger partial charge in [-0.3, -0.25) is 0 Å². The van der Waals surface area contributed by atoms with Crippen LogP contribution in [0, 0.1) is 0 Å². The molecule has 2 aromatic carbocycles. The summed E-state index contributed by atoms with van der Waals surface area (Å²) < 4.78 is 5.91. The maximum Gasteiger partial charge on any atom is 0.249 e. The van der Waals surface area contributed by atoms with E-state index in [0.29, 0.717) is 24.1 Å². The van der Waals surface area contributed by atoms with Gasteiger partial charge in [-0.2, -0.15) is 10.1 Å². The van der Waals surface area contributed by atoms with Crippen LogP contribution < -0.4 is 15.4 Å². The van der Waals surface area contributed by atoms with Crippen molar-refractivity contribution in [2.75, 3.05) is 17.2 Å². The summed E-state index contributed by atoms with van der Waals surface area (Å²) in [6, 6.07) is 17.2. The first-order valence-electron chi connectivity index (χ1n) is 7.48. The molecule has 0 saturated carbocycles. The summed E-state index contributed by atoms with van der Waals surface area (Å²) in [6.45, 7) is 4.26. The third-order valence-corrected chi connectivity index (χ3v) is 3.09. The maximum absolute atomic E-state index is 5.91. The first-order chi connectivity index (χ1) is 11.8. The van der Waals surface area contributed by atoms with E-state index in [1.165, 1.54) is 0 Å². The van der Waals surface area contributed by atoms with E-state index in [4.69, 9.17) is 4.74 Å². The fourth-order valence-corrected chi connectivity index (χ4v) is 2.01. The molecule has 0 fully saturated rings. The maximum atomic E-state index is 5.91. The lowest BCUT2D eigenvalue weighted by atomic mass is 10.3. The molecule has 0 aliphatic rings. The second-order valence-electron chi connectivity index (χ2n) is 4.87. The van der Waals surface area contributed by atoms with Crippen LogP contribution in [0.1, 0.15) is 0 Å². The SMILES string of the molecule is C=CCNc1cnnc(Nc2ccccc2Oc2ccccc2)n1. The summed E-state index contributed by atoms with van der Waals surface area (Å²) in [7, 11) is 0. The summed E-state index contributed by atoms with van der Waals surface area (Å²) in [6.07, 6.45) is 3.30. The molecule has 1 heterocycles. The van der Waals surface area contributed by atoms with Crippen molar-refractivity contribution in [1.29, 1.82) is 0 Å². The predicted octanol–water partition coefficient (Wildman–Crippen LogP) is 4.01. The third-order valence-electron chi connectivity index (χ3n) is 3.09. The van der Waals surface area contributed by atoms with Crippen LogP contribution in [-0.2, 0) is 0 Å².